The zero-order valence-electron chi connectivity index (χ0n) is 34.4. The van der Waals surface area contributed by atoms with Gasteiger partial charge in [0.15, 0.2) is 17.5 Å². The highest BCUT2D eigenvalue weighted by Gasteiger charge is 2.27. The molecule has 1 aliphatic rings. The molecule has 1 aliphatic carbocycles. The van der Waals surface area contributed by atoms with Crippen molar-refractivity contribution >= 4 is 21.8 Å². The van der Waals surface area contributed by atoms with Crippen LogP contribution in [0.15, 0.2) is 224 Å². The maximum absolute atomic E-state index is 5.45. The molecule has 4 heteroatoms. The smallest absolute Gasteiger partial charge is 0.164 e. The molecule has 0 aliphatic heterocycles. The van der Waals surface area contributed by atoms with E-state index in [4.69, 9.17) is 15.0 Å². The molecule has 1 unspecified atom stereocenters. The van der Waals surface area contributed by atoms with Gasteiger partial charge in [0.2, 0.25) is 0 Å². The first-order valence-corrected chi connectivity index (χ1v) is 21.6. The van der Waals surface area contributed by atoms with Crippen molar-refractivity contribution in [2.45, 2.75) is 12.3 Å². The molecule has 0 saturated heterocycles. The van der Waals surface area contributed by atoms with Crippen LogP contribution in [0.4, 0.5) is 0 Å². The Labute approximate surface area is 366 Å². The molecule has 2 heterocycles. The highest BCUT2D eigenvalue weighted by molar-refractivity contribution is 6.15. The van der Waals surface area contributed by atoms with Crippen LogP contribution in [0.3, 0.4) is 0 Å². The van der Waals surface area contributed by atoms with E-state index in [9.17, 15) is 0 Å². The molecule has 0 bridgehead atoms. The normalized spacial score (nSPS) is 13.2. The molecule has 1 atom stereocenters. The monoisotopic (exact) mass is 804 g/mol. The van der Waals surface area contributed by atoms with Crippen LogP contribution >= 0.6 is 0 Å². The quantitative estimate of drug-likeness (QED) is 0.161. The molecule has 0 saturated carbocycles. The largest absolute Gasteiger partial charge is 0.309 e. The van der Waals surface area contributed by atoms with E-state index in [0.29, 0.717) is 17.5 Å². The van der Waals surface area contributed by atoms with E-state index in [-0.39, 0.29) is 5.92 Å². The minimum atomic E-state index is 0.189. The Morgan fingerprint density at radius 3 is 1.71 bits per heavy atom. The standard InChI is InChI=1S/C59H40N4/c1-4-17-39(18-5-1)40-31-33-42(34-32-40)46-24-12-13-26-49(46)58-60-57(44-35-36-48-47-25-11-10-21-43(47)37-52(53(48)38-44)41-19-6-2-7-20-41)61-59(62-58)51-28-16-30-55-56(51)50-27-14-15-29-54(50)63(55)45-22-8-3-9-23-45/h1-36,38,52H,37H2. The molecule has 2 aromatic heterocycles. The Bertz CT molecular complexity index is 3460. The predicted molar refractivity (Wildman–Crippen MR) is 259 cm³/mol. The Balaban J connectivity index is 1.08. The van der Waals surface area contributed by atoms with E-state index < -0.39 is 0 Å². The summed E-state index contributed by atoms with van der Waals surface area (Å²) in [5.74, 6) is 2.09. The summed E-state index contributed by atoms with van der Waals surface area (Å²) in [6, 6.07) is 80.0. The number of rotatable bonds is 7. The van der Waals surface area contributed by atoms with E-state index in [1.807, 2.05) is 0 Å². The van der Waals surface area contributed by atoms with Gasteiger partial charge < -0.3 is 4.57 Å². The average Bonchev–Trinajstić information content (AvgIpc) is 3.71. The van der Waals surface area contributed by atoms with Crippen LogP contribution in [-0.4, -0.2) is 19.5 Å². The summed E-state index contributed by atoms with van der Waals surface area (Å²) in [7, 11) is 0. The van der Waals surface area contributed by atoms with Gasteiger partial charge in [-0.15, -0.1) is 0 Å². The maximum atomic E-state index is 5.45. The van der Waals surface area contributed by atoms with E-state index in [1.165, 1.54) is 38.9 Å². The van der Waals surface area contributed by atoms with Gasteiger partial charge in [0.05, 0.1) is 11.0 Å². The van der Waals surface area contributed by atoms with Gasteiger partial charge in [-0.25, -0.2) is 15.0 Å². The van der Waals surface area contributed by atoms with Crippen LogP contribution < -0.4 is 0 Å². The summed E-state index contributed by atoms with van der Waals surface area (Å²) in [6.07, 6.45) is 0.925. The first-order valence-electron chi connectivity index (χ1n) is 21.6. The van der Waals surface area contributed by atoms with Crippen molar-refractivity contribution in [2.24, 2.45) is 0 Å². The number of aromatic nitrogens is 4. The van der Waals surface area contributed by atoms with Crippen LogP contribution in [0.1, 0.15) is 22.6 Å². The number of benzene rings is 9. The number of fused-ring (bicyclic) bond motifs is 6. The van der Waals surface area contributed by atoms with Gasteiger partial charge in [-0.1, -0.05) is 194 Å². The number of para-hydroxylation sites is 2. The molecule has 0 amide bonds. The molecule has 11 aromatic rings. The number of nitrogens with zero attached hydrogens (tertiary/aromatic N) is 4. The van der Waals surface area contributed by atoms with E-state index in [0.717, 1.165) is 61.7 Å². The van der Waals surface area contributed by atoms with Crippen LogP contribution in [0.5, 0.6) is 0 Å². The Hall–Kier alpha value is -8.21. The summed E-state index contributed by atoms with van der Waals surface area (Å²) < 4.78 is 2.34. The van der Waals surface area contributed by atoms with Gasteiger partial charge in [0, 0.05) is 39.1 Å². The van der Waals surface area contributed by atoms with Crippen molar-refractivity contribution in [1.82, 2.24) is 19.5 Å². The van der Waals surface area contributed by atoms with Gasteiger partial charge in [0.25, 0.3) is 0 Å². The third-order valence-corrected chi connectivity index (χ3v) is 12.7. The molecule has 12 rings (SSSR count). The fraction of sp³-hybridized carbons (Fsp3) is 0.0339. The predicted octanol–water partition coefficient (Wildman–Crippen LogP) is 14.7. The second kappa shape index (κ2) is 15.4. The minimum Gasteiger partial charge on any atom is -0.309 e. The summed E-state index contributed by atoms with van der Waals surface area (Å²) in [4.78, 5) is 16.3. The summed E-state index contributed by atoms with van der Waals surface area (Å²) in [6.45, 7) is 0. The Morgan fingerprint density at radius 2 is 0.921 bits per heavy atom. The number of hydrogen-bond acceptors (Lipinski definition) is 3. The van der Waals surface area contributed by atoms with Crippen molar-refractivity contribution in [3.8, 4) is 73.2 Å². The Kier molecular flexibility index (Phi) is 8.93. The molecule has 0 spiro atoms. The first-order chi connectivity index (χ1) is 31.2. The fourth-order valence-corrected chi connectivity index (χ4v) is 9.72. The molecule has 0 N–H and O–H groups in total. The van der Waals surface area contributed by atoms with E-state index in [2.05, 4.69) is 229 Å². The van der Waals surface area contributed by atoms with Crippen LogP contribution in [0.25, 0.3) is 95.0 Å². The summed E-state index contributed by atoms with van der Waals surface area (Å²) >= 11 is 0. The molecule has 9 aromatic carbocycles. The zero-order valence-corrected chi connectivity index (χ0v) is 34.4. The van der Waals surface area contributed by atoms with Gasteiger partial charge in [-0.3, -0.25) is 0 Å². The third-order valence-electron chi connectivity index (χ3n) is 12.7. The van der Waals surface area contributed by atoms with Gasteiger partial charge in [-0.05, 0) is 86.8 Å². The lowest BCUT2D eigenvalue weighted by molar-refractivity contribution is 0.794. The van der Waals surface area contributed by atoms with Crippen molar-refractivity contribution in [3.63, 3.8) is 0 Å². The Morgan fingerprint density at radius 1 is 0.365 bits per heavy atom. The molecular weight excluding hydrogens is 765 g/mol. The lowest BCUT2D eigenvalue weighted by atomic mass is 9.75. The van der Waals surface area contributed by atoms with Crippen LogP contribution in [0, 0.1) is 0 Å². The summed E-state index contributed by atoms with van der Waals surface area (Å²) in [5.41, 5.74) is 17.2. The van der Waals surface area contributed by atoms with Gasteiger partial charge in [0.1, 0.15) is 0 Å². The lowest BCUT2D eigenvalue weighted by Crippen LogP contribution is -2.13. The van der Waals surface area contributed by atoms with Crippen LogP contribution in [0.2, 0.25) is 0 Å². The second-order valence-corrected chi connectivity index (χ2v) is 16.3. The second-order valence-electron chi connectivity index (χ2n) is 16.3. The highest BCUT2D eigenvalue weighted by Crippen LogP contribution is 2.45. The lowest BCUT2D eigenvalue weighted by Gasteiger charge is -2.29. The summed E-state index contributed by atoms with van der Waals surface area (Å²) in [5, 5.41) is 2.25. The van der Waals surface area contributed by atoms with Gasteiger partial charge in [-0.2, -0.15) is 0 Å². The third kappa shape index (κ3) is 6.43. The molecule has 0 fully saturated rings. The van der Waals surface area contributed by atoms with Crippen LogP contribution in [-0.2, 0) is 6.42 Å². The molecule has 63 heavy (non-hydrogen) atoms. The fourth-order valence-electron chi connectivity index (χ4n) is 9.72. The van der Waals surface area contributed by atoms with Gasteiger partial charge >= 0.3 is 0 Å². The van der Waals surface area contributed by atoms with E-state index >= 15 is 0 Å². The molecular formula is C59H40N4. The first kappa shape index (κ1) is 36.6. The SMILES string of the molecule is c1ccc(-c2ccc(-c3ccccc3-c3nc(-c4ccc5c(c4)C(c4ccccc4)Cc4ccccc4-5)nc(-c4cccc5c4c4ccccc4n5-c4ccccc4)n3)cc2)cc1. The minimum absolute atomic E-state index is 0.189. The highest BCUT2D eigenvalue weighted by atomic mass is 15.0. The molecule has 0 radical (unpaired) electrons. The molecule has 4 nitrogen and oxygen atoms in total. The number of hydrogen-bond donors (Lipinski definition) is 0. The topological polar surface area (TPSA) is 43.6 Å². The van der Waals surface area contributed by atoms with Crippen molar-refractivity contribution in [1.29, 1.82) is 0 Å². The van der Waals surface area contributed by atoms with Crippen molar-refractivity contribution in [2.75, 3.05) is 0 Å². The average molecular weight is 805 g/mol. The van der Waals surface area contributed by atoms with Crippen molar-refractivity contribution in [3.05, 3.63) is 241 Å². The zero-order chi connectivity index (χ0) is 41.7. The van der Waals surface area contributed by atoms with E-state index in [1.54, 1.807) is 0 Å². The maximum Gasteiger partial charge on any atom is 0.164 e. The molecule has 296 valence electrons. The van der Waals surface area contributed by atoms with Crippen molar-refractivity contribution < 1.29 is 0 Å².